The van der Waals surface area contributed by atoms with Gasteiger partial charge in [-0.15, -0.1) is 11.3 Å². The summed E-state index contributed by atoms with van der Waals surface area (Å²) >= 11 is 1.84. The molecule has 51 heavy (non-hydrogen) atoms. The second-order valence-corrected chi connectivity index (χ2v) is 13.9. The highest BCUT2D eigenvalue weighted by Gasteiger charge is 2.19. The van der Waals surface area contributed by atoms with E-state index in [9.17, 15) is 0 Å². The molecule has 0 saturated heterocycles. The van der Waals surface area contributed by atoms with E-state index in [1.165, 1.54) is 25.7 Å². The average molecular weight is 671 g/mol. The Morgan fingerprint density at radius 3 is 1.78 bits per heavy atom. The van der Waals surface area contributed by atoms with Gasteiger partial charge in [-0.25, -0.2) is 4.98 Å². The van der Waals surface area contributed by atoms with Gasteiger partial charge in [-0.2, -0.15) is 9.97 Å². The molecule has 4 heterocycles. The lowest BCUT2D eigenvalue weighted by Gasteiger charge is -2.10. The summed E-state index contributed by atoms with van der Waals surface area (Å²) in [5, 5.41) is 7.04. The second kappa shape index (κ2) is 10.9. The number of hydrogen-bond donors (Lipinski definition) is 0. The van der Waals surface area contributed by atoms with E-state index in [0.717, 1.165) is 60.4 Å². The molecule has 0 aliphatic rings. The van der Waals surface area contributed by atoms with Crippen molar-refractivity contribution in [1.82, 2.24) is 19.5 Å². The number of nitrogens with zero attached hydrogens (tertiary/aromatic N) is 4. The van der Waals surface area contributed by atoms with Gasteiger partial charge in [0.2, 0.25) is 5.95 Å². The number of hydrogen-bond acceptors (Lipinski definition) is 5. The summed E-state index contributed by atoms with van der Waals surface area (Å²) in [7, 11) is 0. The van der Waals surface area contributed by atoms with Crippen LogP contribution in [0.25, 0.3) is 104 Å². The lowest BCUT2D eigenvalue weighted by molar-refractivity contribution is 0.669. The van der Waals surface area contributed by atoms with Crippen molar-refractivity contribution in [3.63, 3.8) is 0 Å². The highest BCUT2D eigenvalue weighted by Crippen LogP contribution is 2.39. The summed E-state index contributed by atoms with van der Waals surface area (Å²) in [4.78, 5) is 15.2. The van der Waals surface area contributed by atoms with Crippen molar-refractivity contribution in [3.05, 3.63) is 158 Å². The van der Waals surface area contributed by atoms with Gasteiger partial charge in [-0.05, 0) is 65.7 Å². The highest BCUT2D eigenvalue weighted by atomic mass is 32.1. The zero-order valence-corrected chi connectivity index (χ0v) is 27.9. The first-order chi connectivity index (χ1) is 25.2. The molecule has 5 nitrogen and oxygen atoms in total. The van der Waals surface area contributed by atoms with Crippen molar-refractivity contribution in [3.8, 4) is 39.9 Å². The maximum Gasteiger partial charge on any atom is 0.238 e. The van der Waals surface area contributed by atoms with Gasteiger partial charge in [0.15, 0.2) is 11.6 Å². The maximum absolute atomic E-state index is 6.48. The van der Waals surface area contributed by atoms with Gasteiger partial charge in [-0.1, -0.05) is 103 Å². The first kappa shape index (κ1) is 28.2. The van der Waals surface area contributed by atoms with Crippen molar-refractivity contribution in [2.45, 2.75) is 0 Å². The predicted octanol–water partition coefficient (Wildman–Crippen LogP) is 12.2. The molecule has 11 aromatic rings. The van der Waals surface area contributed by atoms with E-state index in [0.29, 0.717) is 17.6 Å². The van der Waals surface area contributed by atoms with Crippen LogP contribution in [0, 0.1) is 0 Å². The second-order valence-electron chi connectivity index (χ2n) is 12.9. The molecule has 0 spiro atoms. The minimum Gasteiger partial charge on any atom is -0.456 e. The molecule has 0 N–H and O–H groups in total. The van der Waals surface area contributed by atoms with Crippen LogP contribution in [0.4, 0.5) is 0 Å². The molecular formula is C45H26N4OS. The highest BCUT2D eigenvalue weighted by molar-refractivity contribution is 7.25. The SMILES string of the molecule is c1ccc(-c2nc(-c3ccc4c(c3)oc3ccc(-c5ccc6sc7ccccc7c6c5)cc34)nc(-n3c4ccccc4c4ccccc43)n2)cc1. The van der Waals surface area contributed by atoms with Gasteiger partial charge in [0, 0.05) is 52.8 Å². The molecule has 0 amide bonds. The fourth-order valence-corrected chi connectivity index (χ4v) is 8.54. The Morgan fingerprint density at radius 1 is 0.392 bits per heavy atom. The molecule has 6 heteroatoms. The number of aromatic nitrogens is 4. The fourth-order valence-electron chi connectivity index (χ4n) is 7.45. The molecule has 11 rings (SSSR count). The number of benzene rings is 7. The molecule has 0 radical (unpaired) electrons. The number of fused-ring (bicyclic) bond motifs is 9. The van der Waals surface area contributed by atoms with Crippen molar-refractivity contribution in [2.24, 2.45) is 0 Å². The van der Waals surface area contributed by atoms with E-state index in [1.807, 2.05) is 41.7 Å². The van der Waals surface area contributed by atoms with Gasteiger partial charge in [0.25, 0.3) is 0 Å². The Labute approximate surface area is 295 Å². The van der Waals surface area contributed by atoms with Gasteiger partial charge >= 0.3 is 0 Å². The molecule has 0 fully saturated rings. The van der Waals surface area contributed by atoms with Crippen LogP contribution in [0.3, 0.4) is 0 Å². The molecule has 0 atom stereocenters. The Kier molecular flexibility index (Phi) is 6.05. The van der Waals surface area contributed by atoms with Crippen molar-refractivity contribution in [1.29, 1.82) is 0 Å². The zero-order chi connectivity index (χ0) is 33.5. The van der Waals surface area contributed by atoms with Crippen LogP contribution >= 0.6 is 11.3 Å². The molecule has 238 valence electrons. The first-order valence-electron chi connectivity index (χ1n) is 16.9. The van der Waals surface area contributed by atoms with Gasteiger partial charge in [0.05, 0.1) is 11.0 Å². The minimum absolute atomic E-state index is 0.570. The zero-order valence-electron chi connectivity index (χ0n) is 27.1. The van der Waals surface area contributed by atoms with Crippen LogP contribution in [-0.4, -0.2) is 19.5 Å². The van der Waals surface area contributed by atoms with Crippen molar-refractivity contribution in [2.75, 3.05) is 0 Å². The molecule has 4 aromatic heterocycles. The first-order valence-corrected chi connectivity index (χ1v) is 17.8. The smallest absolute Gasteiger partial charge is 0.238 e. The summed E-state index contributed by atoms with van der Waals surface area (Å²) in [5.41, 5.74) is 7.86. The van der Waals surface area contributed by atoms with Crippen molar-refractivity contribution < 1.29 is 4.42 Å². The van der Waals surface area contributed by atoms with Crippen LogP contribution in [0.5, 0.6) is 0 Å². The van der Waals surface area contributed by atoms with Crippen molar-refractivity contribution >= 4 is 75.3 Å². The van der Waals surface area contributed by atoms with Crippen LogP contribution in [-0.2, 0) is 0 Å². The molecule has 0 bridgehead atoms. The van der Waals surface area contributed by atoms with Gasteiger partial charge in [0.1, 0.15) is 11.2 Å². The van der Waals surface area contributed by atoms with E-state index in [-0.39, 0.29) is 0 Å². The topological polar surface area (TPSA) is 56.7 Å². The summed E-state index contributed by atoms with van der Waals surface area (Å²) in [6.45, 7) is 0. The van der Waals surface area contributed by atoms with E-state index in [4.69, 9.17) is 19.4 Å². The van der Waals surface area contributed by atoms with E-state index in [1.54, 1.807) is 0 Å². The number of rotatable bonds is 4. The Hall–Kier alpha value is -6.63. The monoisotopic (exact) mass is 670 g/mol. The van der Waals surface area contributed by atoms with Crippen LogP contribution in [0.1, 0.15) is 0 Å². The third-order valence-corrected chi connectivity index (χ3v) is 11.0. The molecule has 0 aliphatic heterocycles. The number of thiophene rings is 1. The lowest BCUT2D eigenvalue weighted by atomic mass is 10.0. The fraction of sp³-hybridized carbons (Fsp3) is 0. The van der Waals surface area contributed by atoms with Crippen LogP contribution < -0.4 is 0 Å². The largest absolute Gasteiger partial charge is 0.456 e. The Bertz CT molecular complexity index is 3100. The summed E-state index contributed by atoms with van der Waals surface area (Å²) < 4.78 is 11.2. The van der Waals surface area contributed by atoms with Gasteiger partial charge in [-0.3, -0.25) is 4.57 Å². The summed E-state index contributed by atoms with van der Waals surface area (Å²) in [5.74, 6) is 1.77. The third kappa shape index (κ3) is 4.43. The van der Waals surface area contributed by atoms with E-state index < -0.39 is 0 Å². The minimum atomic E-state index is 0.570. The maximum atomic E-state index is 6.48. The van der Waals surface area contributed by atoms with Gasteiger partial charge < -0.3 is 4.42 Å². The van der Waals surface area contributed by atoms with E-state index in [2.05, 4.69) is 132 Å². The molecule has 0 aliphatic carbocycles. The summed E-state index contributed by atoms with van der Waals surface area (Å²) in [6.07, 6.45) is 0. The molecule has 0 saturated carbocycles. The molecule has 7 aromatic carbocycles. The van der Waals surface area contributed by atoms with Crippen LogP contribution in [0.2, 0.25) is 0 Å². The Morgan fingerprint density at radius 2 is 1.00 bits per heavy atom. The number of furan rings is 1. The lowest BCUT2D eigenvalue weighted by Crippen LogP contribution is -2.06. The molecular weight excluding hydrogens is 645 g/mol. The van der Waals surface area contributed by atoms with Crippen LogP contribution in [0.15, 0.2) is 162 Å². The number of para-hydroxylation sites is 2. The third-order valence-electron chi connectivity index (χ3n) is 9.88. The quantitative estimate of drug-likeness (QED) is 0.187. The normalized spacial score (nSPS) is 11.9. The standard InChI is InChI=1S/C45H26N4OS/c1-2-10-27(11-3-1)43-46-44(48-45(47-43)49-37-15-7-4-12-31(37)32-13-5-8-16-38(32)49)30-18-21-33-35-24-28(19-22-39(35)50-40(33)26-30)29-20-23-42-36(25-29)34-14-6-9-17-41(34)51-42/h1-26H. The average Bonchev–Trinajstić information content (AvgIpc) is 3.86. The Balaban J connectivity index is 1.06. The predicted molar refractivity (Wildman–Crippen MR) is 211 cm³/mol. The molecule has 0 unspecified atom stereocenters. The van der Waals surface area contributed by atoms with E-state index >= 15 is 0 Å². The summed E-state index contributed by atoms with van der Waals surface area (Å²) in [6, 6.07) is 55.0.